The molecule has 0 atom stereocenters. The number of benzene rings is 1. The van der Waals surface area contributed by atoms with Gasteiger partial charge in [-0.15, -0.1) is 0 Å². The molecule has 1 heterocycles. The molecule has 0 spiro atoms. The van der Waals surface area contributed by atoms with Crippen molar-refractivity contribution in [3.63, 3.8) is 0 Å². The van der Waals surface area contributed by atoms with Crippen LogP contribution in [0, 0.1) is 0 Å². The second-order valence-corrected chi connectivity index (χ2v) is 5.91. The van der Waals surface area contributed by atoms with Crippen molar-refractivity contribution >= 4 is 21.8 Å². The van der Waals surface area contributed by atoms with Crippen LogP contribution in [0.1, 0.15) is 23.7 Å². The summed E-state index contributed by atoms with van der Waals surface area (Å²) in [7, 11) is -3.80. The highest BCUT2D eigenvalue weighted by Crippen LogP contribution is 2.29. The Balaban J connectivity index is 2.21. The first kappa shape index (κ1) is 13.5. The van der Waals surface area contributed by atoms with Gasteiger partial charge < -0.3 is 5.32 Å². The van der Waals surface area contributed by atoms with E-state index in [-0.39, 0.29) is 29.3 Å². The number of sulfonamides is 1. The molecule has 6 nitrogen and oxygen atoms in total. The first-order valence-electron chi connectivity index (χ1n) is 5.91. The molecule has 0 aliphatic carbocycles. The highest BCUT2D eigenvalue weighted by molar-refractivity contribution is 7.90. The first-order valence-corrected chi connectivity index (χ1v) is 7.35. The third-order valence-corrected chi connectivity index (χ3v) is 4.67. The van der Waals surface area contributed by atoms with Crippen LogP contribution in [-0.4, -0.2) is 37.6 Å². The second kappa shape index (κ2) is 5.00. The Morgan fingerprint density at radius 3 is 2.63 bits per heavy atom. The molecule has 0 aromatic heterocycles. The van der Waals surface area contributed by atoms with E-state index in [1.165, 1.54) is 12.1 Å². The maximum absolute atomic E-state index is 12.1. The molecule has 1 aliphatic heterocycles. The summed E-state index contributed by atoms with van der Waals surface area (Å²) in [6.07, 6.45) is -0.0349. The maximum Gasteiger partial charge on any atom is 0.269 e. The lowest BCUT2D eigenvalue weighted by Crippen LogP contribution is -2.34. The molecule has 2 rings (SSSR count). The molecule has 1 aromatic rings. The van der Waals surface area contributed by atoms with Crippen LogP contribution in [-0.2, 0) is 14.8 Å². The van der Waals surface area contributed by atoms with Crippen molar-refractivity contribution in [2.75, 3.05) is 13.1 Å². The molecule has 102 valence electrons. The number of nitrogens with zero attached hydrogens (tertiary/aromatic N) is 1. The predicted molar refractivity (Wildman–Crippen MR) is 68.0 cm³/mol. The number of nitrogens with one attached hydrogen (secondary N) is 1. The molecule has 1 N–H and O–H groups in total. The van der Waals surface area contributed by atoms with Crippen LogP contribution in [0.3, 0.4) is 0 Å². The third kappa shape index (κ3) is 2.33. The molecule has 0 unspecified atom stereocenters. The van der Waals surface area contributed by atoms with Crippen molar-refractivity contribution in [2.45, 2.75) is 18.2 Å². The molecular formula is C12H14N2O4S. The molecule has 19 heavy (non-hydrogen) atoms. The number of carbonyl (C=O) groups excluding carboxylic acids is 2. The Bertz CT molecular complexity index is 624. The number of amides is 2. The highest BCUT2D eigenvalue weighted by atomic mass is 32.2. The molecule has 1 aliphatic rings. The van der Waals surface area contributed by atoms with E-state index < -0.39 is 15.9 Å². The van der Waals surface area contributed by atoms with Crippen molar-refractivity contribution in [1.29, 1.82) is 0 Å². The van der Waals surface area contributed by atoms with E-state index in [1.54, 1.807) is 19.1 Å². The zero-order valence-corrected chi connectivity index (χ0v) is 11.2. The van der Waals surface area contributed by atoms with Gasteiger partial charge in [0.1, 0.15) is 4.90 Å². The van der Waals surface area contributed by atoms with Crippen LogP contribution >= 0.6 is 0 Å². The molecular weight excluding hydrogens is 268 g/mol. The zero-order chi connectivity index (χ0) is 14.0. The highest BCUT2D eigenvalue weighted by Gasteiger charge is 2.40. The molecule has 0 saturated heterocycles. The van der Waals surface area contributed by atoms with E-state index in [4.69, 9.17) is 0 Å². The molecule has 7 heteroatoms. The van der Waals surface area contributed by atoms with E-state index in [9.17, 15) is 18.0 Å². The summed E-state index contributed by atoms with van der Waals surface area (Å²) in [6, 6.07) is 6.05. The SMILES string of the molecule is CCNC(=O)CCN1C(=O)c2ccccc2S1(=O)=O. The molecule has 0 saturated carbocycles. The van der Waals surface area contributed by atoms with Crippen molar-refractivity contribution < 1.29 is 18.0 Å². The van der Waals surface area contributed by atoms with E-state index in [1.807, 2.05) is 0 Å². The number of fused-ring (bicyclic) bond motifs is 1. The average molecular weight is 282 g/mol. The summed E-state index contributed by atoms with van der Waals surface area (Å²) < 4.78 is 25.0. The van der Waals surface area contributed by atoms with Crippen LogP contribution in [0.4, 0.5) is 0 Å². The van der Waals surface area contributed by atoms with E-state index in [2.05, 4.69) is 5.32 Å². The van der Waals surface area contributed by atoms with Crippen LogP contribution in [0.25, 0.3) is 0 Å². The summed E-state index contributed by atoms with van der Waals surface area (Å²) in [6.45, 7) is 2.10. The minimum atomic E-state index is -3.80. The van der Waals surface area contributed by atoms with Gasteiger partial charge in [0.25, 0.3) is 15.9 Å². The second-order valence-electron chi connectivity index (χ2n) is 4.08. The average Bonchev–Trinajstić information content (AvgIpc) is 2.57. The van der Waals surface area contributed by atoms with Gasteiger partial charge in [0.2, 0.25) is 5.91 Å². The van der Waals surface area contributed by atoms with E-state index >= 15 is 0 Å². The Morgan fingerprint density at radius 1 is 1.32 bits per heavy atom. The van der Waals surface area contributed by atoms with Crippen LogP contribution in [0.15, 0.2) is 29.2 Å². The van der Waals surface area contributed by atoms with Gasteiger partial charge in [-0.25, -0.2) is 12.7 Å². The normalized spacial score (nSPS) is 16.3. The number of rotatable bonds is 4. The Kier molecular flexibility index (Phi) is 3.57. The van der Waals surface area contributed by atoms with Crippen LogP contribution in [0.2, 0.25) is 0 Å². The summed E-state index contributed by atoms with van der Waals surface area (Å²) in [4.78, 5) is 23.4. The van der Waals surface area contributed by atoms with Crippen molar-refractivity contribution in [3.05, 3.63) is 29.8 Å². The molecule has 0 fully saturated rings. The summed E-state index contributed by atoms with van der Waals surface area (Å²) >= 11 is 0. The Hall–Kier alpha value is -1.89. The van der Waals surface area contributed by atoms with Crippen LogP contribution in [0.5, 0.6) is 0 Å². The van der Waals surface area contributed by atoms with Crippen molar-refractivity contribution in [2.24, 2.45) is 0 Å². The van der Waals surface area contributed by atoms with Gasteiger partial charge in [-0.3, -0.25) is 9.59 Å². The fourth-order valence-electron chi connectivity index (χ4n) is 1.94. The topological polar surface area (TPSA) is 83.6 Å². The molecule has 0 bridgehead atoms. The minimum absolute atomic E-state index is 0.0101. The number of hydrogen-bond donors (Lipinski definition) is 1. The molecule has 2 amide bonds. The largest absolute Gasteiger partial charge is 0.356 e. The maximum atomic E-state index is 12.1. The van der Waals surface area contributed by atoms with E-state index in [0.29, 0.717) is 6.54 Å². The van der Waals surface area contributed by atoms with Crippen molar-refractivity contribution in [1.82, 2.24) is 9.62 Å². The molecule has 1 aromatic carbocycles. The fourth-order valence-corrected chi connectivity index (χ4v) is 3.51. The van der Waals surface area contributed by atoms with Gasteiger partial charge in [0.05, 0.1) is 5.56 Å². The van der Waals surface area contributed by atoms with Crippen molar-refractivity contribution in [3.8, 4) is 0 Å². The third-order valence-electron chi connectivity index (χ3n) is 2.83. The van der Waals surface area contributed by atoms with Gasteiger partial charge in [-0.1, -0.05) is 12.1 Å². The van der Waals surface area contributed by atoms with E-state index in [0.717, 1.165) is 4.31 Å². The number of hydrogen-bond acceptors (Lipinski definition) is 4. The van der Waals surface area contributed by atoms with Gasteiger partial charge >= 0.3 is 0 Å². The summed E-state index contributed by atoms with van der Waals surface area (Å²) in [5.41, 5.74) is 0.165. The predicted octanol–water partition coefficient (Wildman–Crippen LogP) is 0.357. The Labute approximate surface area is 111 Å². The molecule has 0 radical (unpaired) electrons. The first-order chi connectivity index (χ1) is 8.98. The van der Waals surface area contributed by atoms with Crippen LogP contribution < -0.4 is 5.32 Å². The monoisotopic (exact) mass is 282 g/mol. The Morgan fingerprint density at radius 2 is 2.00 bits per heavy atom. The summed E-state index contributed by atoms with van der Waals surface area (Å²) in [5.74, 6) is -0.846. The standard InChI is InChI=1S/C12H14N2O4S/c1-2-13-11(15)7-8-14-12(16)9-5-3-4-6-10(9)19(14,17)18/h3-6H,2,7-8H2,1H3,(H,13,15). The van der Waals surface area contributed by atoms with Gasteiger partial charge in [-0.2, -0.15) is 0 Å². The summed E-state index contributed by atoms with van der Waals surface area (Å²) in [5, 5.41) is 2.56. The number of carbonyl (C=O) groups is 2. The minimum Gasteiger partial charge on any atom is -0.356 e. The lowest BCUT2D eigenvalue weighted by Gasteiger charge is -2.14. The quantitative estimate of drug-likeness (QED) is 0.864. The van der Waals surface area contributed by atoms with Gasteiger partial charge in [-0.05, 0) is 19.1 Å². The van der Waals surface area contributed by atoms with Gasteiger partial charge in [0.15, 0.2) is 0 Å². The zero-order valence-electron chi connectivity index (χ0n) is 10.4. The lowest BCUT2D eigenvalue weighted by molar-refractivity contribution is -0.121. The fraction of sp³-hybridized carbons (Fsp3) is 0.333. The smallest absolute Gasteiger partial charge is 0.269 e. The van der Waals surface area contributed by atoms with Gasteiger partial charge in [0, 0.05) is 19.5 Å². The lowest BCUT2D eigenvalue weighted by atomic mass is 10.2.